The van der Waals surface area contributed by atoms with Crippen LogP contribution in [-0.4, -0.2) is 46.5 Å². The van der Waals surface area contributed by atoms with Crippen LogP contribution >= 0.6 is 12.2 Å². The lowest BCUT2D eigenvalue weighted by Crippen LogP contribution is -2.49. The number of anilines is 1. The molecule has 0 unspecified atom stereocenters. The number of para-hydroxylation sites is 1. The van der Waals surface area contributed by atoms with Gasteiger partial charge in [0.25, 0.3) is 0 Å². The minimum absolute atomic E-state index is 0.175. The smallest absolute Gasteiger partial charge is 0.219 e. The van der Waals surface area contributed by atoms with Gasteiger partial charge in [0.2, 0.25) is 5.91 Å². The number of thiocarbonyl (C=S) groups is 1. The van der Waals surface area contributed by atoms with Gasteiger partial charge in [-0.2, -0.15) is 0 Å². The molecule has 1 aromatic carbocycles. The lowest BCUT2D eigenvalue weighted by atomic mass is 10.0. The summed E-state index contributed by atoms with van der Waals surface area (Å²) >= 11 is 5.73. The fourth-order valence-electron chi connectivity index (χ4n) is 3.17. The molecule has 2 rings (SSSR count). The zero-order chi connectivity index (χ0) is 17.5. The number of piperidine rings is 1. The molecule has 1 heterocycles. The van der Waals surface area contributed by atoms with E-state index in [1.165, 1.54) is 5.56 Å². The molecule has 1 aliphatic rings. The van der Waals surface area contributed by atoms with Gasteiger partial charge in [-0.3, -0.25) is 4.79 Å². The van der Waals surface area contributed by atoms with Crippen LogP contribution in [0.2, 0.25) is 0 Å². The maximum Gasteiger partial charge on any atom is 0.219 e. The molecule has 0 bridgehead atoms. The molecule has 4 nitrogen and oxygen atoms in total. The van der Waals surface area contributed by atoms with Crippen molar-refractivity contribution in [1.29, 1.82) is 0 Å². The quantitative estimate of drug-likeness (QED) is 0.822. The maximum absolute atomic E-state index is 11.5. The average Bonchev–Trinajstić information content (AvgIpc) is 2.58. The third kappa shape index (κ3) is 4.94. The van der Waals surface area contributed by atoms with Crippen molar-refractivity contribution in [1.82, 2.24) is 9.80 Å². The first-order valence-electron chi connectivity index (χ1n) is 8.91. The van der Waals surface area contributed by atoms with Crippen LogP contribution in [-0.2, 0) is 4.79 Å². The summed E-state index contributed by atoms with van der Waals surface area (Å²) in [5, 5.41) is 4.23. The lowest BCUT2D eigenvalue weighted by molar-refractivity contribution is -0.130. The van der Waals surface area contributed by atoms with E-state index >= 15 is 0 Å². The summed E-state index contributed by atoms with van der Waals surface area (Å²) in [5.41, 5.74) is 2.27. The normalized spacial score (nSPS) is 15.2. The van der Waals surface area contributed by atoms with Gasteiger partial charge < -0.3 is 15.1 Å². The number of likely N-dealkylation sites (tertiary alicyclic amines) is 1. The second-order valence-corrected chi connectivity index (χ2v) is 6.92. The van der Waals surface area contributed by atoms with Gasteiger partial charge in [-0.1, -0.05) is 31.5 Å². The Bertz CT molecular complexity index is 567. The van der Waals surface area contributed by atoms with Crippen molar-refractivity contribution in [2.24, 2.45) is 0 Å². The second-order valence-electron chi connectivity index (χ2n) is 6.53. The summed E-state index contributed by atoms with van der Waals surface area (Å²) in [4.78, 5) is 15.8. The zero-order valence-corrected chi connectivity index (χ0v) is 15.9. The molecule has 0 spiro atoms. The SMILES string of the molecule is CCCCN(C(=S)Nc1ccccc1C)C1CCN(C(C)=O)CC1. The standard InChI is InChI=1S/C19H29N3OS/c1-4-5-12-22(17-10-13-21(14-11-17)16(3)23)19(24)20-18-9-7-6-8-15(18)2/h6-9,17H,4-5,10-14H2,1-3H3,(H,20,24). The van der Waals surface area contributed by atoms with Gasteiger partial charge in [0.15, 0.2) is 5.11 Å². The van der Waals surface area contributed by atoms with Crippen molar-refractivity contribution in [3.8, 4) is 0 Å². The van der Waals surface area contributed by atoms with Gasteiger partial charge in [-0.15, -0.1) is 0 Å². The Morgan fingerprint density at radius 2 is 2.00 bits per heavy atom. The van der Waals surface area contributed by atoms with Gasteiger partial charge in [-0.25, -0.2) is 0 Å². The Kier molecular flexibility index (Phi) is 7.03. The molecule has 0 aromatic heterocycles. The fourth-order valence-corrected chi connectivity index (χ4v) is 3.52. The summed E-state index contributed by atoms with van der Waals surface area (Å²) in [6, 6.07) is 8.64. The van der Waals surface area contributed by atoms with Crippen LogP contribution in [0.1, 0.15) is 45.1 Å². The van der Waals surface area contributed by atoms with E-state index in [1.54, 1.807) is 6.92 Å². The summed E-state index contributed by atoms with van der Waals surface area (Å²) in [6.45, 7) is 8.57. The monoisotopic (exact) mass is 347 g/mol. The summed E-state index contributed by atoms with van der Waals surface area (Å²) in [6.07, 6.45) is 4.25. The highest BCUT2D eigenvalue weighted by Crippen LogP contribution is 2.20. The van der Waals surface area contributed by atoms with E-state index in [0.29, 0.717) is 6.04 Å². The number of hydrogen-bond acceptors (Lipinski definition) is 2. The molecular formula is C19H29N3OS. The Balaban J connectivity index is 2.03. The number of carbonyl (C=O) groups excluding carboxylic acids is 1. The molecule has 24 heavy (non-hydrogen) atoms. The first kappa shape index (κ1) is 18.7. The first-order valence-corrected chi connectivity index (χ1v) is 9.32. The Labute approximate surface area is 151 Å². The van der Waals surface area contributed by atoms with Gasteiger partial charge in [0.1, 0.15) is 0 Å². The van der Waals surface area contributed by atoms with Crippen molar-refractivity contribution in [2.45, 2.75) is 52.5 Å². The highest BCUT2D eigenvalue weighted by atomic mass is 32.1. The van der Waals surface area contributed by atoms with Gasteiger partial charge in [0, 0.05) is 38.3 Å². The minimum atomic E-state index is 0.175. The summed E-state index contributed by atoms with van der Waals surface area (Å²) < 4.78 is 0. The van der Waals surface area contributed by atoms with Crippen LogP contribution in [0.15, 0.2) is 24.3 Å². The number of nitrogens with zero attached hydrogens (tertiary/aromatic N) is 2. The Morgan fingerprint density at radius 1 is 1.33 bits per heavy atom. The number of hydrogen-bond donors (Lipinski definition) is 1. The molecule has 0 saturated carbocycles. The molecule has 5 heteroatoms. The molecule has 1 amide bonds. The van der Waals surface area contributed by atoms with E-state index in [4.69, 9.17) is 12.2 Å². The molecular weight excluding hydrogens is 318 g/mol. The maximum atomic E-state index is 11.5. The van der Waals surface area contributed by atoms with Crippen molar-refractivity contribution in [3.05, 3.63) is 29.8 Å². The van der Waals surface area contributed by atoms with Gasteiger partial charge >= 0.3 is 0 Å². The molecule has 1 N–H and O–H groups in total. The second kappa shape index (κ2) is 9.02. The predicted octanol–water partition coefficient (Wildman–Crippen LogP) is 3.80. The molecule has 1 aliphatic heterocycles. The topological polar surface area (TPSA) is 35.6 Å². The van der Waals surface area contributed by atoms with Gasteiger partial charge in [-0.05, 0) is 50.0 Å². The number of rotatable bonds is 5. The molecule has 0 atom stereocenters. The van der Waals surface area contributed by atoms with Crippen LogP contribution in [0, 0.1) is 6.92 Å². The van der Waals surface area contributed by atoms with E-state index in [1.807, 2.05) is 17.0 Å². The number of nitrogens with one attached hydrogen (secondary N) is 1. The van der Waals surface area contributed by atoms with Crippen molar-refractivity contribution in [3.63, 3.8) is 0 Å². The van der Waals surface area contributed by atoms with Crippen molar-refractivity contribution < 1.29 is 4.79 Å². The van der Waals surface area contributed by atoms with Crippen LogP contribution < -0.4 is 5.32 Å². The zero-order valence-electron chi connectivity index (χ0n) is 15.0. The fraction of sp³-hybridized carbons (Fsp3) is 0.579. The van der Waals surface area contributed by atoms with E-state index < -0.39 is 0 Å². The van der Waals surface area contributed by atoms with Crippen LogP contribution in [0.25, 0.3) is 0 Å². The third-order valence-corrected chi connectivity index (χ3v) is 5.09. The molecule has 0 radical (unpaired) electrons. The lowest BCUT2D eigenvalue weighted by Gasteiger charge is -2.39. The predicted molar refractivity (Wildman–Crippen MR) is 104 cm³/mol. The van der Waals surface area contributed by atoms with E-state index in [-0.39, 0.29) is 5.91 Å². The first-order chi connectivity index (χ1) is 11.5. The van der Waals surface area contributed by atoms with E-state index in [2.05, 4.69) is 36.2 Å². The Morgan fingerprint density at radius 3 is 2.58 bits per heavy atom. The molecule has 132 valence electrons. The minimum Gasteiger partial charge on any atom is -0.346 e. The summed E-state index contributed by atoms with van der Waals surface area (Å²) in [7, 11) is 0. The van der Waals surface area contributed by atoms with Gasteiger partial charge in [0.05, 0.1) is 0 Å². The largest absolute Gasteiger partial charge is 0.346 e. The molecule has 1 saturated heterocycles. The highest BCUT2D eigenvalue weighted by molar-refractivity contribution is 7.80. The number of amides is 1. The van der Waals surface area contributed by atoms with Crippen LogP contribution in [0.5, 0.6) is 0 Å². The number of unbranched alkanes of at least 4 members (excludes halogenated alkanes) is 1. The average molecular weight is 348 g/mol. The van der Waals surface area contributed by atoms with Crippen molar-refractivity contribution in [2.75, 3.05) is 25.0 Å². The van der Waals surface area contributed by atoms with Crippen molar-refractivity contribution >= 4 is 28.9 Å². The molecule has 1 fully saturated rings. The molecule has 1 aromatic rings. The van der Waals surface area contributed by atoms with E-state index in [0.717, 1.165) is 56.1 Å². The summed E-state index contributed by atoms with van der Waals surface area (Å²) in [5.74, 6) is 0.175. The van der Waals surface area contributed by atoms with Crippen LogP contribution in [0.4, 0.5) is 5.69 Å². The highest BCUT2D eigenvalue weighted by Gasteiger charge is 2.27. The van der Waals surface area contributed by atoms with Crippen LogP contribution in [0.3, 0.4) is 0 Å². The number of aryl methyl sites for hydroxylation is 1. The van der Waals surface area contributed by atoms with E-state index in [9.17, 15) is 4.79 Å². The Hall–Kier alpha value is -1.62. The number of benzene rings is 1. The third-order valence-electron chi connectivity index (χ3n) is 4.75. The molecule has 0 aliphatic carbocycles. The number of carbonyl (C=O) groups is 1.